The van der Waals surface area contributed by atoms with Gasteiger partial charge in [0, 0.05) is 11.8 Å². The van der Waals surface area contributed by atoms with Gasteiger partial charge in [0.15, 0.2) is 17.6 Å². The lowest BCUT2D eigenvalue weighted by molar-refractivity contribution is -0.123. The number of hydrogen-bond acceptors (Lipinski definition) is 5. The number of ether oxygens (including phenoxy) is 3. The normalized spacial score (nSPS) is 13.2. The summed E-state index contributed by atoms with van der Waals surface area (Å²) in [6, 6.07) is 12.2. The number of benzene rings is 2. The van der Waals surface area contributed by atoms with Crippen LogP contribution in [0, 0.1) is 0 Å². The molecule has 0 aliphatic carbocycles. The van der Waals surface area contributed by atoms with Crippen molar-refractivity contribution in [1.82, 2.24) is 0 Å². The summed E-state index contributed by atoms with van der Waals surface area (Å²) >= 11 is 0. The summed E-state index contributed by atoms with van der Waals surface area (Å²) in [7, 11) is 0. The van der Waals surface area contributed by atoms with Crippen LogP contribution in [-0.2, 0) is 16.0 Å². The van der Waals surface area contributed by atoms with Gasteiger partial charge in [-0.2, -0.15) is 0 Å². The zero-order valence-electron chi connectivity index (χ0n) is 14.1. The molecule has 1 aliphatic rings. The zero-order chi connectivity index (χ0) is 17.8. The van der Waals surface area contributed by atoms with E-state index in [0.717, 1.165) is 12.0 Å². The van der Waals surface area contributed by atoms with Gasteiger partial charge < -0.3 is 19.5 Å². The van der Waals surface area contributed by atoms with Crippen molar-refractivity contribution in [2.24, 2.45) is 0 Å². The molecule has 1 amide bonds. The van der Waals surface area contributed by atoms with E-state index in [9.17, 15) is 9.59 Å². The Balaban J connectivity index is 1.59. The molecule has 0 saturated heterocycles. The van der Waals surface area contributed by atoms with E-state index in [0.29, 0.717) is 22.7 Å². The maximum atomic E-state index is 12.2. The third-order valence-corrected chi connectivity index (χ3v) is 3.89. The van der Waals surface area contributed by atoms with Gasteiger partial charge in [-0.25, -0.2) is 4.79 Å². The average molecular weight is 341 g/mol. The lowest BCUT2D eigenvalue weighted by Gasteiger charge is -2.14. The molecule has 25 heavy (non-hydrogen) atoms. The molecule has 130 valence electrons. The number of hydrogen-bond donors (Lipinski definition) is 1. The van der Waals surface area contributed by atoms with Crippen LogP contribution in [0.25, 0.3) is 0 Å². The van der Waals surface area contributed by atoms with Gasteiger partial charge in [-0.3, -0.25) is 4.79 Å². The predicted molar refractivity (Wildman–Crippen MR) is 91.9 cm³/mol. The first-order valence-electron chi connectivity index (χ1n) is 8.07. The fraction of sp³-hybridized carbons (Fsp3) is 0.263. The predicted octanol–water partition coefficient (Wildman–Crippen LogP) is 3.16. The Labute approximate surface area is 145 Å². The van der Waals surface area contributed by atoms with Crippen molar-refractivity contribution in [1.29, 1.82) is 0 Å². The van der Waals surface area contributed by atoms with Crippen molar-refractivity contribution in [3.8, 4) is 11.5 Å². The van der Waals surface area contributed by atoms with Crippen molar-refractivity contribution in [2.45, 2.75) is 26.4 Å². The molecular weight excluding hydrogens is 322 g/mol. The van der Waals surface area contributed by atoms with Gasteiger partial charge >= 0.3 is 5.97 Å². The molecule has 2 aromatic rings. The largest absolute Gasteiger partial charge is 0.454 e. The molecule has 0 saturated carbocycles. The minimum absolute atomic E-state index is 0.164. The van der Waals surface area contributed by atoms with Crippen LogP contribution >= 0.6 is 0 Å². The lowest BCUT2D eigenvalue weighted by atomic mass is 10.1. The summed E-state index contributed by atoms with van der Waals surface area (Å²) in [4.78, 5) is 24.3. The number of carbonyl (C=O) groups is 2. The zero-order valence-corrected chi connectivity index (χ0v) is 14.1. The Hall–Kier alpha value is -3.02. The Kier molecular flexibility index (Phi) is 4.88. The van der Waals surface area contributed by atoms with Crippen LogP contribution in [-0.4, -0.2) is 24.8 Å². The SMILES string of the molecule is CCc1ccc(C(=O)O[C@@H](C)C(=O)Nc2ccc3c(c2)OCO3)cc1. The highest BCUT2D eigenvalue weighted by Gasteiger charge is 2.20. The Bertz CT molecular complexity index is 785. The first-order valence-corrected chi connectivity index (χ1v) is 8.07. The van der Waals surface area contributed by atoms with E-state index in [1.54, 1.807) is 30.3 Å². The standard InChI is InChI=1S/C19H19NO5/c1-3-13-4-6-14(7-5-13)19(22)25-12(2)18(21)20-15-8-9-16-17(10-15)24-11-23-16/h4-10,12H,3,11H2,1-2H3,(H,20,21)/t12-/m0/s1. The van der Waals surface area contributed by atoms with Crippen molar-refractivity contribution >= 4 is 17.6 Å². The van der Waals surface area contributed by atoms with E-state index in [1.165, 1.54) is 6.92 Å². The van der Waals surface area contributed by atoms with Gasteiger partial charge in [0.05, 0.1) is 5.56 Å². The van der Waals surface area contributed by atoms with Crippen molar-refractivity contribution in [3.63, 3.8) is 0 Å². The molecule has 2 aromatic carbocycles. The monoisotopic (exact) mass is 341 g/mol. The van der Waals surface area contributed by atoms with E-state index in [2.05, 4.69) is 5.32 Å². The molecule has 1 aliphatic heterocycles. The van der Waals surface area contributed by atoms with Gasteiger partial charge in [0.25, 0.3) is 5.91 Å². The molecule has 0 radical (unpaired) electrons. The van der Waals surface area contributed by atoms with Crippen molar-refractivity contribution < 1.29 is 23.8 Å². The Morgan fingerprint density at radius 2 is 1.84 bits per heavy atom. The molecule has 0 unspecified atom stereocenters. The topological polar surface area (TPSA) is 73.9 Å². The number of aryl methyl sites for hydroxylation is 1. The van der Waals surface area contributed by atoms with E-state index < -0.39 is 18.0 Å². The molecule has 1 atom stereocenters. The summed E-state index contributed by atoms with van der Waals surface area (Å²) in [6.07, 6.45) is -0.0345. The number of carbonyl (C=O) groups excluding carboxylic acids is 2. The highest BCUT2D eigenvalue weighted by Crippen LogP contribution is 2.34. The van der Waals surface area contributed by atoms with Crippen LogP contribution < -0.4 is 14.8 Å². The van der Waals surface area contributed by atoms with Gasteiger partial charge in [-0.1, -0.05) is 19.1 Å². The number of fused-ring (bicyclic) bond motifs is 1. The molecule has 0 bridgehead atoms. The van der Waals surface area contributed by atoms with Gasteiger partial charge in [0.2, 0.25) is 6.79 Å². The second-order valence-electron chi connectivity index (χ2n) is 5.66. The first kappa shape index (κ1) is 16.8. The number of nitrogens with one attached hydrogen (secondary N) is 1. The molecular formula is C19H19NO5. The van der Waals surface area contributed by atoms with E-state index in [-0.39, 0.29) is 6.79 Å². The average Bonchev–Trinajstić information content (AvgIpc) is 3.09. The smallest absolute Gasteiger partial charge is 0.338 e. The molecule has 6 nitrogen and oxygen atoms in total. The van der Waals surface area contributed by atoms with Crippen LogP contribution in [0.1, 0.15) is 29.8 Å². The summed E-state index contributed by atoms with van der Waals surface area (Å²) in [5.74, 6) is 0.250. The molecule has 0 aromatic heterocycles. The minimum atomic E-state index is -0.927. The fourth-order valence-electron chi connectivity index (χ4n) is 2.38. The van der Waals surface area contributed by atoms with E-state index in [4.69, 9.17) is 14.2 Å². The quantitative estimate of drug-likeness (QED) is 0.846. The minimum Gasteiger partial charge on any atom is -0.454 e. The van der Waals surface area contributed by atoms with Crippen LogP contribution in [0.2, 0.25) is 0 Å². The summed E-state index contributed by atoms with van der Waals surface area (Å²) in [6.45, 7) is 3.73. The maximum absolute atomic E-state index is 12.2. The first-order chi connectivity index (χ1) is 12.1. The number of rotatable bonds is 5. The molecule has 1 N–H and O–H groups in total. The Morgan fingerprint density at radius 3 is 2.56 bits per heavy atom. The summed E-state index contributed by atoms with van der Waals surface area (Å²) in [5, 5.41) is 2.69. The molecule has 1 heterocycles. The van der Waals surface area contributed by atoms with Gasteiger partial charge in [-0.05, 0) is 43.2 Å². The molecule has 3 rings (SSSR count). The van der Waals surface area contributed by atoms with Crippen LogP contribution in [0.3, 0.4) is 0 Å². The van der Waals surface area contributed by atoms with E-state index in [1.807, 2.05) is 19.1 Å². The fourth-order valence-corrected chi connectivity index (χ4v) is 2.38. The van der Waals surface area contributed by atoms with E-state index >= 15 is 0 Å². The van der Waals surface area contributed by atoms with Crippen LogP contribution in [0.15, 0.2) is 42.5 Å². The van der Waals surface area contributed by atoms with Crippen molar-refractivity contribution in [3.05, 3.63) is 53.6 Å². The second kappa shape index (κ2) is 7.25. The number of anilines is 1. The maximum Gasteiger partial charge on any atom is 0.338 e. The lowest BCUT2D eigenvalue weighted by Crippen LogP contribution is -2.30. The summed E-state index contributed by atoms with van der Waals surface area (Å²) < 4.78 is 15.7. The van der Waals surface area contributed by atoms with Crippen LogP contribution in [0.4, 0.5) is 5.69 Å². The van der Waals surface area contributed by atoms with Crippen LogP contribution in [0.5, 0.6) is 11.5 Å². The number of esters is 1. The van der Waals surface area contributed by atoms with Gasteiger partial charge in [0.1, 0.15) is 0 Å². The number of amides is 1. The molecule has 0 spiro atoms. The third-order valence-electron chi connectivity index (χ3n) is 3.89. The van der Waals surface area contributed by atoms with Crippen molar-refractivity contribution in [2.75, 3.05) is 12.1 Å². The van der Waals surface area contributed by atoms with Gasteiger partial charge in [-0.15, -0.1) is 0 Å². The summed E-state index contributed by atoms with van der Waals surface area (Å²) in [5.41, 5.74) is 2.09. The Morgan fingerprint density at radius 1 is 1.12 bits per heavy atom. The molecule has 0 fully saturated rings. The molecule has 6 heteroatoms. The highest BCUT2D eigenvalue weighted by atomic mass is 16.7. The second-order valence-corrected chi connectivity index (χ2v) is 5.66. The third kappa shape index (κ3) is 3.91. The highest BCUT2D eigenvalue weighted by molar-refractivity contribution is 5.97.